The van der Waals surface area contributed by atoms with E-state index in [1.54, 1.807) is 0 Å². The second-order valence-electron chi connectivity index (χ2n) is 8.37. The molecule has 1 amide bonds. The van der Waals surface area contributed by atoms with Crippen molar-refractivity contribution in [3.63, 3.8) is 0 Å². The van der Waals surface area contributed by atoms with E-state index < -0.39 is 6.09 Å². The SMILES string of the molecule is O=C(NCCOCCOCBCOCc1ccccc1)OCC1c2ccccc2-c2ccccc21. The molecule has 1 aliphatic rings. The van der Waals surface area contributed by atoms with Crippen LogP contribution in [-0.4, -0.2) is 59.4 Å². The van der Waals surface area contributed by atoms with Gasteiger partial charge in [-0.1, -0.05) is 78.9 Å². The summed E-state index contributed by atoms with van der Waals surface area (Å²) in [5.74, 6) is 0.0605. The third-order valence-corrected chi connectivity index (χ3v) is 5.92. The molecule has 0 saturated carbocycles. The molecule has 0 unspecified atom stereocenters. The zero-order valence-electron chi connectivity index (χ0n) is 20.0. The number of fused-ring (bicyclic) bond motifs is 3. The molecule has 0 bridgehead atoms. The molecule has 0 fully saturated rings. The first-order chi connectivity index (χ1) is 17.3. The molecule has 0 saturated heterocycles. The van der Waals surface area contributed by atoms with Crippen LogP contribution in [0.3, 0.4) is 0 Å². The number of alkyl carbamates (subject to hydrolysis) is 1. The maximum Gasteiger partial charge on any atom is 0.407 e. The standard InChI is InChI=1S/C28H32BNO5/c31-28(35-19-27-25-12-6-4-10-23(25)24-11-5-7-13-26(24)27)30-14-15-32-16-17-33-20-29-21-34-18-22-8-2-1-3-9-22/h1-13,27,29H,14-21H2,(H,30,31). The van der Waals surface area contributed by atoms with Gasteiger partial charge in [0, 0.05) is 25.5 Å². The van der Waals surface area contributed by atoms with E-state index >= 15 is 0 Å². The summed E-state index contributed by atoms with van der Waals surface area (Å²) in [5.41, 5.74) is 6.01. The fourth-order valence-corrected chi connectivity index (χ4v) is 4.22. The molecule has 1 N–H and O–H groups in total. The molecule has 6 nitrogen and oxygen atoms in total. The van der Waals surface area contributed by atoms with E-state index in [9.17, 15) is 4.79 Å². The Morgan fingerprint density at radius 3 is 2.11 bits per heavy atom. The average Bonchev–Trinajstić information content (AvgIpc) is 3.22. The van der Waals surface area contributed by atoms with Crippen LogP contribution >= 0.6 is 0 Å². The summed E-state index contributed by atoms with van der Waals surface area (Å²) in [6, 6.07) is 26.7. The Labute approximate surface area is 207 Å². The van der Waals surface area contributed by atoms with Crippen LogP contribution in [0.4, 0.5) is 4.79 Å². The minimum absolute atomic E-state index is 0.0605. The number of carbonyl (C=O) groups is 1. The molecule has 0 aromatic heterocycles. The van der Waals surface area contributed by atoms with Gasteiger partial charge >= 0.3 is 6.09 Å². The lowest BCUT2D eigenvalue weighted by Crippen LogP contribution is -2.29. The van der Waals surface area contributed by atoms with Gasteiger partial charge in [-0.15, -0.1) is 0 Å². The Morgan fingerprint density at radius 1 is 0.743 bits per heavy atom. The second kappa shape index (κ2) is 13.7. The molecule has 182 valence electrons. The third-order valence-electron chi connectivity index (χ3n) is 5.92. The van der Waals surface area contributed by atoms with Crippen molar-refractivity contribution in [2.45, 2.75) is 12.5 Å². The van der Waals surface area contributed by atoms with Crippen molar-refractivity contribution in [3.05, 3.63) is 95.6 Å². The summed E-state index contributed by atoms with van der Waals surface area (Å²) in [7, 11) is 0.843. The molecule has 0 aliphatic heterocycles. The predicted octanol–water partition coefficient (Wildman–Crippen LogP) is 4.13. The zero-order chi connectivity index (χ0) is 24.1. The summed E-state index contributed by atoms with van der Waals surface area (Å²) in [4.78, 5) is 12.1. The van der Waals surface area contributed by atoms with E-state index in [1.807, 2.05) is 42.5 Å². The van der Waals surface area contributed by atoms with Crippen molar-refractivity contribution in [1.29, 1.82) is 0 Å². The molecule has 0 atom stereocenters. The van der Waals surface area contributed by atoms with Crippen LogP contribution < -0.4 is 5.32 Å². The number of rotatable bonds is 14. The van der Waals surface area contributed by atoms with Crippen LogP contribution in [0.5, 0.6) is 0 Å². The largest absolute Gasteiger partial charge is 0.449 e. The van der Waals surface area contributed by atoms with E-state index in [2.05, 4.69) is 41.7 Å². The van der Waals surface area contributed by atoms with Gasteiger partial charge < -0.3 is 24.3 Å². The van der Waals surface area contributed by atoms with Crippen LogP contribution in [-0.2, 0) is 25.6 Å². The lowest BCUT2D eigenvalue weighted by molar-refractivity contribution is 0.0624. The summed E-state index contributed by atoms with van der Waals surface area (Å²) in [5, 5.41) is 2.75. The quantitative estimate of drug-likeness (QED) is 0.282. The molecule has 7 heteroatoms. The minimum Gasteiger partial charge on any atom is -0.449 e. The number of nitrogens with one attached hydrogen (secondary N) is 1. The molecule has 3 aromatic carbocycles. The molecule has 1 aliphatic carbocycles. The van der Waals surface area contributed by atoms with Crippen molar-refractivity contribution in [1.82, 2.24) is 5.32 Å². The summed E-state index contributed by atoms with van der Waals surface area (Å²) in [6.45, 7) is 4.04. The number of carbonyl (C=O) groups excluding carboxylic acids is 1. The van der Waals surface area contributed by atoms with Gasteiger partial charge in [0.2, 0.25) is 0 Å². The van der Waals surface area contributed by atoms with Crippen LogP contribution in [0.1, 0.15) is 22.6 Å². The second-order valence-corrected chi connectivity index (χ2v) is 8.37. The van der Waals surface area contributed by atoms with Crippen LogP contribution in [0.25, 0.3) is 11.1 Å². The van der Waals surface area contributed by atoms with Crippen molar-refractivity contribution >= 4 is 13.4 Å². The highest BCUT2D eigenvalue weighted by Gasteiger charge is 2.28. The van der Waals surface area contributed by atoms with Crippen molar-refractivity contribution < 1.29 is 23.7 Å². The lowest BCUT2D eigenvalue weighted by Gasteiger charge is -2.14. The highest BCUT2D eigenvalue weighted by molar-refractivity contribution is 6.34. The molecular weight excluding hydrogens is 441 g/mol. The lowest BCUT2D eigenvalue weighted by atomic mass is 9.82. The number of hydrogen-bond acceptors (Lipinski definition) is 5. The molecule has 35 heavy (non-hydrogen) atoms. The fourth-order valence-electron chi connectivity index (χ4n) is 4.22. The van der Waals surface area contributed by atoms with Gasteiger partial charge in [0.05, 0.1) is 26.4 Å². The summed E-state index contributed by atoms with van der Waals surface area (Å²) < 4.78 is 22.2. The minimum atomic E-state index is -0.429. The number of amides is 1. The monoisotopic (exact) mass is 473 g/mol. The van der Waals surface area contributed by atoms with E-state index in [0.717, 1.165) is 7.28 Å². The molecule has 0 spiro atoms. The molecule has 0 heterocycles. The van der Waals surface area contributed by atoms with Gasteiger partial charge in [-0.2, -0.15) is 0 Å². The third kappa shape index (κ3) is 7.43. The number of benzene rings is 3. The van der Waals surface area contributed by atoms with Gasteiger partial charge in [0.15, 0.2) is 7.28 Å². The Hall–Kier alpha value is -3.13. The molecule has 0 radical (unpaired) electrons. The van der Waals surface area contributed by atoms with Crippen LogP contribution in [0.2, 0.25) is 0 Å². The van der Waals surface area contributed by atoms with Gasteiger partial charge in [-0.3, -0.25) is 0 Å². The first-order valence-corrected chi connectivity index (χ1v) is 12.2. The Kier molecular flexibility index (Phi) is 9.77. The molecule has 4 rings (SSSR count). The topological polar surface area (TPSA) is 66.0 Å². The van der Waals surface area contributed by atoms with Gasteiger partial charge in [-0.25, -0.2) is 4.79 Å². The summed E-state index contributed by atoms with van der Waals surface area (Å²) in [6.07, 6.45) is -0.429. The van der Waals surface area contributed by atoms with Gasteiger partial charge in [0.25, 0.3) is 0 Å². The highest BCUT2D eigenvalue weighted by Crippen LogP contribution is 2.44. The predicted molar refractivity (Wildman–Crippen MR) is 138 cm³/mol. The fraction of sp³-hybridized carbons (Fsp3) is 0.321. The van der Waals surface area contributed by atoms with Crippen LogP contribution in [0.15, 0.2) is 78.9 Å². The number of ether oxygens (including phenoxy) is 4. The molecule has 3 aromatic rings. The maximum atomic E-state index is 12.1. The van der Waals surface area contributed by atoms with Gasteiger partial charge in [-0.05, 0) is 27.8 Å². The first-order valence-electron chi connectivity index (χ1n) is 12.2. The molecular formula is C28H32BNO5. The average molecular weight is 473 g/mol. The maximum absolute atomic E-state index is 12.1. The zero-order valence-corrected chi connectivity index (χ0v) is 20.0. The first kappa shape index (κ1) is 25.0. The van der Waals surface area contributed by atoms with E-state index in [4.69, 9.17) is 18.9 Å². The smallest absolute Gasteiger partial charge is 0.407 e. The normalized spacial score (nSPS) is 12.1. The van der Waals surface area contributed by atoms with Crippen molar-refractivity contribution in [2.75, 3.05) is 46.0 Å². The van der Waals surface area contributed by atoms with E-state index in [1.165, 1.54) is 27.8 Å². The van der Waals surface area contributed by atoms with Crippen LogP contribution in [0, 0.1) is 0 Å². The Bertz CT molecular complexity index is 1020. The highest BCUT2D eigenvalue weighted by atomic mass is 16.6. The van der Waals surface area contributed by atoms with E-state index in [-0.39, 0.29) is 5.92 Å². The van der Waals surface area contributed by atoms with Crippen molar-refractivity contribution in [2.24, 2.45) is 0 Å². The van der Waals surface area contributed by atoms with Gasteiger partial charge in [0.1, 0.15) is 6.61 Å². The summed E-state index contributed by atoms with van der Waals surface area (Å²) >= 11 is 0. The Balaban J connectivity index is 1.01. The number of hydrogen-bond donors (Lipinski definition) is 1. The van der Waals surface area contributed by atoms with Crippen molar-refractivity contribution in [3.8, 4) is 11.1 Å². The Morgan fingerprint density at radius 2 is 1.37 bits per heavy atom. The van der Waals surface area contributed by atoms with E-state index in [0.29, 0.717) is 52.6 Å².